The lowest BCUT2D eigenvalue weighted by atomic mass is 10.1. The highest BCUT2D eigenvalue weighted by atomic mass is 35.5. The van der Waals surface area contributed by atoms with Crippen LogP contribution in [0.1, 0.15) is 15.9 Å². The van der Waals surface area contributed by atoms with Crippen LogP contribution >= 0.6 is 23.2 Å². The van der Waals surface area contributed by atoms with E-state index in [2.05, 4.69) is 0 Å². The molecule has 6 heteroatoms. The van der Waals surface area contributed by atoms with Crippen LogP contribution in [0.3, 0.4) is 0 Å². The number of rotatable bonds is 4. The molecule has 0 bridgehead atoms. The van der Waals surface area contributed by atoms with Crippen molar-refractivity contribution in [2.75, 3.05) is 5.75 Å². The third-order valence-electron chi connectivity index (χ3n) is 2.90. The van der Waals surface area contributed by atoms with Crippen LogP contribution in [0.4, 0.5) is 0 Å². The summed E-state index contributed by atoms with van der Waals surface area (Å²) < 4.78 is 24.5. The molecule has 2 aromatic rings. The summed E-state index contributed by atoms with van der Waals surface area (Å²) in [6, 6.07) is 10.8. The predicted octanol–water partition coefficient (Wildman–Crippen LogP) is 3.96. The molecule has 2 aromatic carbocycles. The average Bonchev–Trinajstić information content (AvgIpc) is 2.41. The molecule has 0 aliphatic rings. The molecular weight excluding hydrogens is 331 g/mol. The van der Waals surface area contributed by atoms with Gasteiger partial charge in [-0.3, -0.25) is 4.79 Å². The van der Waals surface area contributed by atoms with Gasteiger partial charge in [-0.15, -0.1) is 0 Å². The zero-order valence-corrected chi connectivity index (χ0v) is 13.5. The van der Waals surface area contributed by atoms with E-state index in [9.17, 15) is 13.2 Å². The zero-order valence-electron chi connectivity index (χ0n) is 11.1. The summed E-state index contributed by atoms with van der Waals surface area (Å²) in [6.45, 7) is 1.79. The molecule has 21 heavy (non-hydrogen) atoms. The van der Waals surface area contributed by atoms with E-state index in [0.29, 0.717) is 5.02 Å². The Morgan fingerprint density at radius 3 is 2.48 bits per heavy atom. The summed E-state index contributed by atoms with van der Waals surface area (Å²) in [5.74, 6) is -1.22. The van der Waals surface area contributed by atoms with Crippen molar-refractivity contribution in [3.63, 3.8) is 0 Å². The third-order valence-corrected chi connectivity index (χ3v) is 5.08. The van der Waals surface area contributed by atoms with Gasteiger partial charge in [0.05, 0.1) is 9.92 Å². The first kappa shape index (κ1) is 16.0. The van der Waals surface area contributed by atoms with Gasteiger partial charge in [0.25, 0.3) is 0 Å². The Morgan fingerprint density at radius 2 is 1.81 bits per heavy atom. The molecule has 3 nitrogen and oxygen atoms in total. The van der Waals surface area contributed by atoms with Gasteiger partial charge in [-0.25, -0.2) is 8.42 Å². The number of hydrogen-bond acceptors (Lipinski definition) is 3. The van der Waals surface area contributed by atoms with E-state index in [1.54, 1.807) is 19.1 Å². The van der Waals surface area contributed by atoms with E-state index in [0.717, 1.165) is 5.56 Å². The van der Waals surface area contributed by atoms with Crippen molar-refractivity contribution < 1.29 is 13.2 Å². The van der Waals surface area contributed by atoms with Gasteiger partial charge in [-0.1, -0.05) is 35.3 Å². The molecule has 0 spiro atoms. The molecule has 110 valence electrons. The van der Waals surface area contributed by atoms with Crippen LogP contribution in [0.2, 0.25) is 10.0 Å². The molecule has 0 aromatic heterocycles. The first-order chi connectivity index (χ1) is 9.79. The van der Waals surface area contributed by atoms with Gasteiger partial charge in [-0.2, -0.15) is 0 Å². The van der Waals surface area contributed by atoms with Gasteiger partial charge < -0.3 is 0 Å². The van der Waals surface area contributed by atoms with Crippen LogP contribution in [0, 0.1) is 6.92 Å². The molecule has 0 saturated heterocycles. The van der Waals surface area contributed by atoms with E-state index in [1.165, 1.54) is 30.3 Å². The van der Waals surface area contributed by atoms with Gasteiger partial charge in [0, 0.05) is 10.6 Å². The van der Waals surface area contributed by atoms with E-state index in [-0.39, 0.29) is 15.5 Å². The fourth-order valence-electron chi connectivity index (χ4n) is 1.85. The fraction of sp³-hybridized carbons (Fsp3) is 0.133. The Balaban J connectivity index is 2.32. The molecule has 0 heterocycles. The summed E-state index contributed by atoms with van der Waals surface area (Å²) >= 11 is 11.7. The highest BCUT2D eigenvalue weighted by molar-refractivity contribution is 7.92. The minimum absolute atomic E-state index is 0.111. The number of hydrogen-bond donors (Lipinski definition) is 0. The van der Waals surface area contributed by atoms with Gasteiger partial charge in [0.1, 0.15) is 5.75 Å². The minimum Gasteiger partial charge on any atom is -0.293 e. The lowest BCUT2D eigenvalue weighted by Gasteiger charge is -2.07. The van der Waals surface area contributed by atoms with Crippen LogP contribution in [0.25, 0.3) is 0 Å². The van der Waals surface area contributed by atoms with E-state index < -0.39 is 21.4 Å². The Hall–Kier alpha value is -1.36. The highest BCUT2D eigenvalue weighted by Gasteiger charge is 2.22. The minimum atomic E-state index is -3.71. The zero-order chi connectivity index (χ0) is 15.6. The number of ketones is 1. The van der Waals surface area contributed by atoms with Crippen molar-refractivity contribution in [1.29, 1.82) is 0 Å². The van der Waals surface area contributed by atoms with Gasteiger partial charge >= 0.3 is 0 Å². The molecule has 0 N–H and O–H groups in total. The summed E-state index contributed by atoms with van der Waals surface area (Å²) in [7, 11) is -3.71. The molecule has 2 rings (SSSR count). The molecular formula is C15H12Cl2O3S. The molecule has 0 aliphatic heterocycles. The van der Waals surface area contributed by atoms with Crippen LogP contribution in [-0.2, 0) is 9.84 Å². The highest BCUT2D eigenvalue weighted by Crippen LogP contribution is 2.22. The van der Waals surface area contributed by atoms with Gasteiger partial charge in [0.15, 0.2) is 15.6 Å². The maximum atomic E-state index is 12.3. The molecule has 0 radical (unpaired) electrons. The molecule has 0 amide bonds. The lowest BCUT2D eigenvalue weighted by Crippen LogP contribution is -2.17. The standard InChI is InChI=1S/C15H12Cl2O3S/c1-10-3-2-4-12(7-10)21(19,20)9-15(18)13-8-11(16)5-6-14(13)17/h2-8H,9H2,1H3. The second-order valence-corrected chi connectivity index (χ2v) is 7.46. The van der Waals surface area contributed by atoms with Crippen LogP contribution < -0.4 is 0 Å². The van der Waals surface area contributed by atoms with E-state index >= 15 is 0 Å². The average molecular weight is 343 g/mol. The quantitative estimate of drug-likeness (QED) is 0.790. The van der Waals surface area contributed by atoms with E-state index in [4.69, 9.17) is 23.2 Å². The topological polar surface area (TPSA) is 51.2 Å². The number of carbonyl (C=O) groups is 1. The monoisotopic (exact) mass is 342 g/mol. The van der Waals surface area contributed by atoms with Crippen molar-refractivity contribution in [3.8, 4) is 0 Å². The number of halogens is 2. The Morgan fingerprint density at radius 1 is 1.10 bits per heavy atom. The number of aryl methyl sites for hydroxylation is 1. The van der Waals surface area contributed by atoms with Crippen molar-refractivity contribution in [2.24, 2.45) is 0 Å². The maximum Gasteiger partial charge on any atom is 0.185 e. The number of Topliss-reactive ketones (excluding diaryl/α,β-unsaturated/α-hetero) is 1. The Bertz CT molecular complexity index is 798. The smallest absolute Gasteiger partial charge is 0.185 e. The second kappa shape index (κ2) is 6.18. The van der Waals surface area contributed by atoms with Crippen molar-refractivity contribution in [1.82, 2.24) is 0 Å². The third kappa shape index (κ3) is 3.84. The Labute approximate surface area is 133 Å². The van der Waals surface area contributed by atoms with Crippen LogP contribution in [0.15, 0.2) is 47.4 Å². The first-order valence-electron chi connectivity index (χ1n) is 6.07. The summed E-state index contributed by atoms with van der Waals surface area (Å²) in [5, 5.41) is 0.513. The molecule has 0 aliphatic carbocycles. The fourth-order valence-corrected chi connectivity index (χ4v) is 3.57. The number of sulfone groups is 1. The summed E-state index contributed by atoms with van der Waals surface area (Å²) in [6.07, 6.45) is 0. The Kier molecular flexibility index (Phi) is 4.71. The predicted molar refractivity (Wildman–Crippen MR) is 84.0 cm³/mol. The van der Waals surface area contributed by atoms with Crippen LogP contribution in [-0.4, -0.2) is 20.0 Å². The van der Waals surface area contributed by atoms with Crippen molar-refractivity contribution in [3.05, 3.63) is 63.6 Å². The summed E-state index contributed by atoms with van der Waals surface area (Å²) in [5.41, 5.74) is 0.921. The van der Waals surface area contributed by atoms with Crippen molar-refractivity contribution in [2.45, 2.75) is 11.8 Å². The molecule has 0 saturated carbocycles. The normalized spacial score (nSPS) is 11.4. The van der Waals surface area contributed by atoms with Crippen LogP contribution in [0.5, 0.6) is 0 Å². The number of carbonyl (C=O) groups excluding carboxylic acids is 1. The van der Waals surface area contributed by atoms with Crippen molar-refractivity contribution >= 4 is 38.8 Å². The second-order valence-electron chi connectivity index (χ2n) is 4.62. The first-order valence-corrected chi connectivity index (χ1v) is 8.48. The van der Waals surface area contributed by atoms with Gasteiger partial charge in [-0.05, 0) is 42.8 Å². The SMILES string of the molecule is Cc1cccc(S(=O)(=O)CC(=O)c2cc(Cl)ccc2Cl)c1. The van der Waals surface area contributed by atoms with E-state index in [1.807, 2.05) is 0 Å². The van der Waals surface area contributed by atoms with Gasteiger partial charge in [0.2, 0.25) is 0 Å². The molecule has 0 fully saturated rings. The maximum absolute atomic E-state index is 12.3. The largest absolute Gasteiger partial charge is 0.293 e. The molecule has 0 atom stereocenters. The molecule has 0 unspecified atom stereocenters. The lowest BCUT2D eigenvalue weighted by molar-refractivity contribution is 0.102. The summed E-state index contributed by atoms with van der Waals surface area (Å²) in [4.78, 5) is 12.3. The number of benzene rings is 2.